The van der Waals surface area contributed by atoms with E-state index in [1.807, 2.05) is 6.20 Å². The van der Waals surface area contributed by atoms with Crippen LogP contribution < -0.4 is 0 Å². The Morgan fingerprint density at radius 3 is 2.43 bits per heavy atom. The van der Waals surface area contributed by atoms with Gasteiger partial charge in [-0.25, -0.2) is 4.99 Å². The fraction of sp³-hybridized carbons (Fsp3) is 0.750. The van der Waals surface area contributed by atoms with Crippen molar-refractivity contribution in [3.05, 3.63) is 11.8 Å². The average Bonchev–Trinajstić information content (AvgIpc) is 2.64. The molecule has 0 spiro atoms. The third kappa shape index (κ3) is 3.52. The summed E-state index contributed by atoms with van der Waals surface area (Å²) >= 11 is 0. The van der Waals surface area contributed by atoms with Crippen molar-refractivity contribution < 1.29 is 0 Å². The number of likely N-dealkylation sites (tertiary alicyclic amines) is 1. The summed E-state index contributed by atoms with van der Waals surface area (Å²) in [6, 6.07) is 0. The lowest BCUT2D eigenvalue weighted by atomic mass is 10.3. The number of amidine groups is 1. The molecule has 0 aromatic rings. The number of hydrogen-bond acceptors (Lipinski definition) is 1. The van der Waals surface area contributed by atoms with Crippen LogP contribution in [0.1, 0.15) is 46.5 Å². The highest BCUT2D eigenvalue weighted by atomic mass is 15.2. The molecule has 1 aliphatic heterocycles. The SMILES string of the molecule is CCCC(=NC=C(C)C)N1CCCC1. The maximum Gasteiger partial charge on any atom is 0.104 e. The fourth-order valence-electron chi connectivity index (χ4n) is 1.71. The van der Waals surface area contributed by atoms with E-state index in [1.165, 1.54) is 43.8 Å². The largest absolute Gasteiger partial charge is 0.360 e. The first-order chi connectivity index (χ1) is 6.74. The zero-order chi connectivity index (χ0) is 10.4. The van der Waals surface area contributed by atoms with Crippen LogP contribution in [0.15, 0.2) is 16.8 Å². The van der Waals surface area contributed by atoms with E-state index >= 15 is 0 Å². The highest BCUT2D eigenvalue weighted by molar-refractivity contribution is 5.83. The van der Waals surface area contributed by atoms with Crippen molar-refractivity contribution in [3.63, 3.8) is 0 Å². The molecule has 0 aromatic heterocycles. The van der Waals surface area contributed by atoms with E-state index in [0.29, 0.717) is 0 Å². The van der Waals surface area contributed by atoms with E-state index in [0.717, 1.165) is 6.42 Å². The van der Waals surface area contributed by atoms with Crippen LogP contribution >= 0.6 is 0 Å². The fourth-order valence-corrected chi connectivity index (χ4v) is 1.71. The first-order valence-corrected chi connectivity index (χ1v) is 5.69. The van der Waals surface area contributed by atoms with Gasteiger partial charge in [-0.05, 0) is 33.1 Å². The smallest absolute Gasteiger partial charge is 0.104 e. The Balaban J connectivity index is 2.61. The molecule has 1 rings (SSSR count). The molecule has 1 fully saturated rings. The van der Waals surface area contributed by atoms with Gasteiger partial charge in [-0.15, -0.1) is 0 Å². The molecular formula is C12H22N2. The van der Waals surface area contributed by atoms with Gasteiger partial charge in [0.05, 0.1) is 0 Å². The van der Waals surface area contributed by atoms with Gasteiger partial charge in [-0.1, -0.05) is 12.5 Å². The van der Waals surface area contributed by atoms with Crippen molar-refractivity contribution in [3.8, 4) is 0 Å². The summed E-state index contributed by atoms with van der Waals surface area (Å²) in [7, 11) is 0. The summed E-state index contributed by atoms with van der Waals surface area (Å²) in [5.41, 5.74) is 1.28. The highest BCUT2D eigenvalue weighted by Gasteiger charge is 2.14. The molecular weight excluding hydrogens is 172 g/mol. The van der Waals surface area contributed by atoms with Gasteiger partial charge >= 0.3 is 0 Å². The molecule has 0 aliphatic carbocycles. The third-order valence-electron chi connectivity index (χ3n) is 2.42. The maximum atomic E-state index is 4.58. The lowest BCUT2D eigenvalue weighted by Crippen LogP contribution is -2.27. The number of rotatable bonds is 3. The Kier molecular flexibility index (Phi) is 4.71. The zero-order valence-electron chi connectivity index (χ0n) is 9.71. The van der Waals surface area contributed by atoms with Crippen molar-refractivity contribution in [2.24, 2.45) is 4.99 Å². The summed E-state index contributed by atoms with van der Waals surface area (Å²) in [6.45, 7) is 8.81. The summed E-state index contributed by atoms with van der Waals surface area (Å²) in [5, 5.41) is 0. The molecule has 14 heavy (non-hydrogen) atoms. The van der Waals surface area contributed by atoms with Crippen molar-refractivity contribution in [2.45, 2.75) is 46.5 Å². The molecule has 0 amide bonds. The minimum absolute atomic E-state index is 1.11. The topological polar surface area (TPSA) is 15.6 Å². The minimum Gasteiger partial charge on any atom is -0.360 e. The molecule has 2 heteroatoms. The van der Waals surface area contributed by atoms with Crippen LogP contribution in [0.4, 0.5) is 0 Å². The van der Waals surface area contributed by atoms with Crippen LogP contribution in [-0.4, -0.2) is 23.8 Å². The molecule has 2 nitrogen and oxygen atoms in total. The molecule has 0 unspecified atom stereocenters. The Morgan fingerprint density at radius 2 is 1.93 bits per heavy atom. The monoisotopic (exact) mass is 194 g/mol. The van der Waals surface area contributed by atoms with Crippen LogP contribution in [-0.2, 0) is 0 Å². The van der Waals surface area contributed by atoms with Crippen molar-refractivity contribution >= 4 is 5.84 Å². The predicted octanol–water partition coefficient (Wildman–Crippen LogP) is 3.20. The Labute approximate surface area is 87.7 Å². The first-order valence-electron chi connectivity index (χ1n) is 5.69. The van der Waals surface area contributed by atoms with Crippen molar-refractivity contribution in [2.75, 3.05) is 13.1 Å². The molecule has 0 aromatic carbocycles. The molecule has 80 valence electrons. The molecule has 0 radical (unpaired) electrons. The van der Waals surface area contributed by atoms with Gasteiger partial charge in [-0.2, -0.15) is 0 Å². The number of hydrogen-bond donors (Lipinski definition) is 0. The van der Waals surface area contributed by atoms with Crippen LogP contribution in [0.3, 0.4) is 0 Å². The average molecular weight is 194 g/mol. The van der Waals surface area contributed by atoms with Crippen LogP contribution in [0.5, 0.6) is 0 Å². The summed E-state index contributed by atoms with van der Waals surface area (Å²) < 4.78 is 0. The molecule has 0 atom stereocenters. The van der Waals surface area contributed by atoms with E-state index in [-0.39, 0.29) is 0 Å². The standard InChI is InChI=1S/C12H22N2/c1-4-7-12(13-10-11(2)3)14-8-5-6-9-14/h10H,4-9H2,1-3H3. The van der Waals surface area contributed by atoms with E-state index in [1.54, 1.807) is 0 Å². The van der Waals surface area contributed by atoms with E-state index in [4.69, 9.17) is 0 Å². The van der Waals surface area contributed by atoms with Gasteiger partial charge in [-0.3, -0.25) is 0 Å². The molecule has 1 saturated heterocycles. The summed E-state index contributed by atoms with van der Waals surface area (Å²) in [4.78, 5) is 7.01. The molecule has 0 bridgehead atoms. The second kappa shape index (κ2) is 5.84. The van der Waals surface area contributed by atoms with Crippen LogP contribution in [0.2, 0.25) is 0 Å². The number of aliphatic imine (C=N–C) groups is 1. The number of allylic oxidation sites excluding steroid dienone is 1. The van der Waals surface area contributed by atoms with Gasteiger partial charge in [0.25, 0.3) is 0 Å². The second-order valence-corrected chi connectivity index (χ2v) is 4.20. The van der Waals surface area contributed by atoms with Crippen LogP contribution in [0, 0.1) is 0 Å². The quantitative estimate of drug-likeness (QED) is 0.497. The zero-order valence-corrected chi connectivity index (χ0v) is 9.71. The molecule has 0 N–H and O–H groups in total. The maximum absolute atomic E-state index is 4.58. The van der Waals surface area contributed by atoms with E-state index in [9.17, 15) is 0 Å². The van der Waals surface area contributed by atoms with Crippen LogP contribution in [0.25, 0.3) is 0 Å². The predicted molar refractivity (Wildman–Crippen MR) is 62.6 cm³/mol. The molecule has 1 heterocycles. The van der Waals surface area contributed by atoms with Gasteiger partial charge in [0, 0.05) is 25.7 Å². The van der Waals surface area contributed by atoms with E-state index < -0.39 is 0 Å². The minimum atomic E-state index is 1.11. The van der Waals surface area contributed by atoms with E-state index in [2.05, 4.69) is 30.7 Å². The molecule has 0 saturated carbocycles. The third-order valence-corrected chi connectivity index (χ3v) is 2.42. The van der Waals surface area contributed by atoms with Crippen molar-refractivity contribution in [1.82, 2.24) is 4.90 Å². The second-order valence-electron chi connectivity index (χ2n) is 4.20. The van der Waals surface area contributed by atoms with Gasteiger partial charge < -0.3 is 4.90 Å². The Hall–Kier alpha value is -0.790. The Morgan fingerprint density at radius 1 is 1.29 bits per heavy atom. The van der Waals surface area contributed by atoms with Gasteiger partial charge in [0.1, 0.15) is 5.84 Å². The summed E-state index contributed by atoms with van der Waals surface area (Å²) in [6.07, 6.45) is 6.95. The lowest BCUT2D eigenvalue weighted by Gasteiger charge is -2.19. The molecule has 1 aliphatic rings. The van der Waals surface area contributed by atoms with Crippen molar-refractivity contribution in [1.29, 1.82) is 0 Å². The summed E-state index contributed by atoms with van der Waals surface area (Å²) in [5.74, 6) is 1.28. The van der Waals surface area contributed by atoms with Gasteiger partial charge in [0.15, 0.2) is 0 Å². The van der Waals surface area contributed by atoms with Gasteiger partial charge in [0.2, 0.25) is 0 Å². The first kappa shape index (κ1) is 11.3. The Bertz CT molecular complexity index is 218. The number of nitrogens with zero attached hydrogens (tertiary/aromatic N) is 2. The lowest BCUT2D eigenvalue weighted by molar-refractivity contribution is 0.505. The highest BCUT2D eigenvalue weighted by Crippen LogP contribution is 2.11. The normalized spacial score (nSPS) is 17.4.